The molecule has 2 nitrogen and oxygen atoms in total. The highest BCUT2D eigenvalue weighted by Gasteiger charge is 2.50. The van der Waals surface area contributed by atoms with E-state index in [4.69, 9.17) is 0 Å². The summed E-state index contributed by atoms with van der Waals surface area (Å²) in [7, 11) is 0. The second-order valence-corrected chi connectivity index (χ2v) is 6.00. The molecule has 4 heteroatoms. The number of carboxylic acid groups (broad SMARTS) is 1. The Morgan fingerprint density at radius 2 is 2.29 bits per heavy atom. The Hall–Kier alpha value is -1.03. The standard InChI is InChI=1S/C13H15FO2S/c1-2-9-7-13(8-9,12(15)16)17-11-5-3-4-10(14)6-11/h3-6,9H,2,7-8H2,1H3,(H,15,16). The quantitative estimate of drug-likeness (QED) is 0.892. The normalized spacial score (nSPS) is 27.5. The molecule has 0 heterocycles. The van der Waals surface area contributed by atoms with E-state index < -0.39 is 10.7 Å². The van der Waals surface area contributed by atoms with E-state index in [2.05, 4.69) is 6.92 Å². The van der Waals surface area contributed by atoms with Crippen molar-refractivity contribution in [1.82, 2.24) is 0 Å². The first-order valence-corrected chi connectivity index (χ1v) is 6.55. The van der Waals surface area contributed by atoms with Gasteiger partial charge in [-0.1, -0.05) is 19.4 Å². The number of hydrogen-bond acceptors (Lipinski definition) is 2. The Labute approximate surface area is 104 Å². The molecule has 92 valence electrons. The van der Waals surface area contributed by atoms with Gasteiger partial charge in [0.2, 0.25) is 0 Å². The van der Waals surface area contributed by atoms with Crippen LogP contribution in [0.2, 0.25) is 0 Å². The van der Waals surface area contributed by atoms with Crippen molar-refractivity contribution >= 4 is 17.7 Å². The van der Waals surface area contributed by atoms with Crippen LogP contribution in [0.15, 0.2) is 29.2 Å². The Morgan fingerprint density at radius 1 is 1.59 bits per heavy atom. The van der Waals surface area contributed by atoms with Gasteiger partial charge in [-0.25, -0.2) is 4.39 Å². The summed E-state index contributed by atoms with van der Waals surface area (Å²) in [5.74, 6) is -0.606. The van der Waals surface area contributed by atoms with E-state index in [9.17, 15) is 14.3 Å². The summed E-state index contributed by atoms with van der Waals surface area (Å²) in [6.45, 7) is 2.07. The van der Waals surface area contributed by atoms with Gasteiger partial charge in [0.25, 0.3) is 0 Å². The van der Waals surface area contributed by atoms with E-state index in [1.54, 1.807) is 12.1 Å². The summed E-state index contributed by atoms with van der Waals surface area (Å²) in [5, 5.41) is 9.31. The molecule has 1 N–H and O–H groups in total. The summed E-state index contributed by atoms with van der Waals surface area (Å²) >= 11 is 1.28. The van der Waals surface area contributed by atoms with Gasteiger partial charge >= 0.3 is 5.97 Å². The van der Waals surface area contributed by atoms with Gasteiger partial charge < -0.3 is 5.11 Å². The van der Waals surface area contributed by atoms with Crippen LogP contribution >= 0.6 is 11.8 Å². The van der Waals surface area contributed by atoms with Crippen molar-refractivity contribution in [2.24, 2.45) is 5.92 Å². The lowest BCUT2D eigenvalue weighted by Crippen LogP contribution is -2.47. The summed E-state index contributed by atoms with van der Waals surface area (Å²) < 4.78 is 12.3. The van der Waals surface area contributed by atoms with E-state index in [0.29, 0.717) is 23.7 Å². The largest absolute Gasteiger partial charge is 0.480 e. The maximum atomic E-state index is 13.0. The minimum atomic E-state index is -0.781. The second-order valence-electron chi connectivity index (χ2n) is 4.54. The molecule has 0 aliphatic heterocycles. The third-order valence-electron chi connectivity index (χ3n) is 3.31. The lowest BCUT2D eigenvalue weighted by molar-refractivity contribution is -0.143. The summed E-state index contributed by atoms with van der Waals surface area (Å²) in [6.07, 6.45) is 2.37. The van der Waals surface area contributed by atoms with Gasteiger partial charge in [0.15, 0.2) is 0 Å². The van der Waals surface area contributed by atoms with Crippen molar-refractivity contribution in [1.29, 1.82) is 0 Å². The maximum absolute atomic E-state index is 13.0. The molecular weight excluding hydrogens is 239 g/mol. The van der Waals surface area contributed by atoms with E-state index in [1.807, 2.05) is 0 Å². The number of rotatable bonds is 4. The number of carbonyl (C=O) groups is 1. The zero-order chi connectivity index (χ0) is 12.5. The monoisotopic (exact) mass is 254 g/mol. The first-order chi connectivity index (χ1) is 8.05. The fourth-order valence-corrected chi connectivity index (χ4v) is 3.71. The van der Waals surface area contributed by atoms with Crippen molar-refractivity contribution in [3.63, 3.8) is 0 Å². The number of carboxylic acids is 1. The predicted molar refractivity (Wildman–Crippen MR) is 65.6 cm³/mol. The van der Waals surface area contributed by atoms with Gasteiger partial charge in [0.1, 0.15) is 10.6 Å². The molecule has 0 amide bonds. The molecule has 0 spiro atoms. The van der Waals surface area contributed by atoms with Crippen LogP contribution in [0.3, 0.4) is 0 Å². The highest BCUT2D eigenvalue weighted by molar-refractivity contribution is 8.01. The number of benzene rings is 1. The van der Waals surface area contributed by atoms with Crippen LogP contribution in [0.5, 0.6) is 0 Å². The minimum Gasteiger partial charge on any atom is -0.480 e. The molecule has 0 aromatic heterocycles. The van der Waals surface area contributed by atoms with E-state index in [1.165, 1.54) is 23.9 Å². The fourth-order valence-electron chi connectivity index (χ4n) is 2.22. The maximum Gasteiger partial charge on any atom is 0.320 e. The average Bonchev–Trinajstić information content (AvgIpc) is 2.22. The molecule has 0 atom stereocenters. The smallest absolute Gasteiger partial charge is 0.320 e. The second kappa shape index (κ2) is 4.69. The lowest BCUT2D eigenvalue weighted by atomic mass is 9.73. The van der Waals surface area contributed by atoms with Gasteiger partial charge in [-0.2, -0.15) is 0 Å². The third-order valence-corrected chi connectivity index (χ3v) is 4.70. The Morgan fingerprint density at radius 3 is 2.82 bits per heavy atom. The number of thioether (sulfide) groups is 1. The van der Waals surface area contributed by atoms with Gasteiger partial charge in [0, 0.05) is 4.90 Å². The summed E-state index contributed by atoms with van der Waals surface area (Å²) in [4.78, 5) is 12.0. The number of aliphatic carboxylic acids is 1. The van der Waals surface area contributed by atoms with Crippen molar-refractivity contribution < 1.29 is 14.3 Å². The topological polar surface area (TPSA) is 37.3 Å². The fraction of sp³-hybridized carbons (Fsp3) is 0.462. The first-order valence-electron chi connectivity index (χ1n) is 5.74. The van der Waals surface area contributed by atoms with Gasteiger partial charge in [-0.3, -0.25) is 4.79 Å². The van der Waals surface area contributed by atoms with Crippen LogP contribution in [0.4, 0.5) is 4.39 Å². The van der Waals surface area contributed by atoms with Crippen molar-refractivity contribution in [3.05, 3.63) is 30.1 Å². The molecule has 1 aliphatic carbocycles. The van der Waals surface area contributed by atoms with Crippen molar-refractivity contribution in [3.8, 4) is 0 Å². The average molecular weight is 254 g/mol. The van der Waals surface area contributed by atoms with E-state index in [0.717, 1.165) is 6.42 Å². The molecule has 0 bridgehead atoms. The lowest BCUT2D eigenvalue weighted by Gasteiger charge is -2.43. The Bertz CT molecular complexity index is 427. The Balaban J connectivity index is 2.12. The molecule has 17 heavy (non-hydrogen) atoms. The van der Waals surface area contributed by atoms with Crippen LogP contribution in [-0.2, 0) is 4.79 Å². The highest BCUT2D eigenvalue weighted by atomic mass is 32.2. The zero-order valence-corrected chi connectivity index (χ0v) is 10.5. The molecule has 1 fully saturated rings. The number of halogens is 1. The van der Waals surface area contributed by atoms with Crippen LogP contribution in [0, 0.1) is 11.7 Å². The van der Waals surface area contributed by atoms with Crippen molar-refractivity contribution in [2.75, 3.05) is 0 Å². The van der Waals surface area contributed by atoms with Crippen LogP contribution in [0.25, 0.3) is 0 Å². The molecule has 0 radical (unpaired) electrons. The molecule has 0 unspecified atom stereocenters. The molecular formula is C13H15FO2S. The molecule has 1 aromatic carbocycles. The zero-order valence-electron chi connectivity index (χ0n) is 9.65. The molecule has 1 aromatic rings. The van der Waals surface area contributed by atoms with E-state index >= 15 is 0 Å². The van der Waals surface area contributed by atoms with Gasteiger partial charge in [-0.05, 0) is 37.0 Å². The van der Waals surface area contributed by atoms with Crippen molar-refractivity contribution in [2.45, 2.75) is 35.8 Å². The molecule has 2 rings (SSSR count). The van der Waals surface area contributed by atoms with Crippen LogP contribution in [0.1, 0.15) is 26.2 Å². The Kier molecular flexibility index (Phi) is 3.43. The molecule has 0 saturated heterocycles. The molecule has 1 aliphatic rings. The van der Waals surface area contributed by atoms with Crippen LogP contribution < -0.4 is 0 Å². The predicted octanol–water partition coefficient (Wildman–Crippen LogP) is 3.56. The van der Waals surface area contributed by atoms with Gasteiger partial charge in [0.05, 0.1) is 0 Å². The highest BCUT2D eigenvalue weighted by Crippen LogP contribution is 2.52. The summed E-state index contributed by atoms with van der Waals surface area (Å²) in [6, 6.07) is 6.14. The molecule has 1 saturated carbocycles. The van der Waals surface area contributed by atoms with Gasteiger partial charge in [-0.15, -0.1) is 11.8 Å². The number of hydrogen-bond donors (Lipinski definition) is 1. The summed E-state index contributed by atoms with van der Waals surface area (Å²) in [5.41, 5.74) is 0. The van der Waals surface area contributed by atoms with Crippen LogP contribution in [-0.4, -0.2) is 15.8 Å². The van der Waals surface area contributed by atoms with E-state index in [-0.39, 0.29) is 5.82 Å². The SMILES string of the molecule is CCC1CC(Sc2cccc(F)c2)(C(=O)O)C1. The minimum absolute atomic E-state index is 0.318. The third kappa shape index (κ3) is 2.46. The first kappa shape index (κ1) is 12.4.